The van der Waals surface area contributed by atoms with E-state index in [-0.39, 0.29) is 18.3 Å². The second-order valence-electron chi connectivity index (χ2n) is 5.82. The fraction of sp³-hybridized carbons (Fsp3) is 0.150. The fourth-order valence-electron chi connectivity index (χ4n) is 2.49. The van der Waals surface area contributed by atoms with E-state index in [1.165, 1.54) is 12.3 Å². The number of halogens is 1. The number of aromatic nitrogens is 2. The molecule has 0 unspecified atom stereocenters. The maximum absolute atomic E-state index is 13.7. The number of anilines is 2. The number of carbonyl (C=O) groups is 1. The smallest absolute Gasteiger partial charge is 0.259 e. The molecule has 138 valence electrons. The highest BCUT2D eigenvalue weighted by Crippen LogP contribution is 2.18. The Kier molecular flexibility index (Phi) is 5.61. The van der Waals surface area contributed by atoms with Crippen LogP contribution in [0, 0.1) is 12.7 Å². The van der Waals surface area contributed by atoms with Crippen molar-refractivity contribution in [2.75, 3.05) is 17.7 Å². The molecule has 7 heteroatoms. The van der Waals surface area contributed by atoms with Gasteiger partial charge in [0.2, 0.25) is 5.95 Å². The summed E-state index contributed by atoms with van der Waals surface area (Å²) < 4.78 is 18.8. The average molecular weight is 366 g/mol. The van der Waals surface area contributed by atoms with E-state index in [1.807, 2.05) is 0 Å². The molecule has 2 aromatic carbocycles. The topological polar surface area (TPSA) is 76.1 Å². The molecule has 6 nitrogen and oxygen atoms in total. The Bertz CT molecular complexity index is 962. The molecule has 2 N–H and O–H groups in total. The lowest BCUT2D eigenvalue weighted by Crippen LogP contribution is -2.16. The van der Waals surface area contributed by atoms with E-state index in [0.29, 0.717) is 34.2 Å². The van der Waals surface area contributed by atoms with Gasteiger partial charge in [-0.05, 0) is 25.1 Å². The van der Waals surface area contributed by atoms with Gasteiger partial charge in [0.1, 0.15) is 11.6 Å². The predicted molar refractivity (Wildman–Crippen MR) is 101 cm³/mol. The Balaban J connectivity index is 1.68. The van der Waals surface area contributed by atoms with Crippen molar-refractivity contribution in [3.63, 3.8) is 0 Å². The van der Waals surface area contributed by atoms with Crippen molar-refractivity contribution in [2.45, 2.75) is 13.5 Å². The lowest BCUT2D eigenvalue weighted by Gasteiger charge is -2.10. The van der Waals surface area contributed by atoms with E-state index in [2.05, 4.69) is 20.6 Å². The minimum atomic E-state index is -0.318. The first-order valence-corrected chi connectivity index (χ1v) is 8.33. The fourth-order valence-corrected chi connectivity index (χ4v) is 2.49. The second-order valence-corrected chi connectivity index (χ2v) is 5.82. The van der Waals surface area contributed by atoms with E-state index in [0.717, 1.165) is 0 Å². The number of ether oxygens (including phenoxy) is 1. The quantitative estimate of drug-likeness (QED) is 0.694. The number of carbonyl (C=O) groups excluding carboxylic acids is 1. The summed E-state index contributed by atoms with van der Waals surface area (Å²) in [7, 11) is 1.56. The van der Waals surface area contributed by atoms with Crippen LogP contribution in [-0.4, -0.2) is 23.0 Å². The number of aryl methyl sites for hydroxylation is 1. The van der Waals surface area contributed by atoms with Gasteiger partial charge in [-0.25, -0.2) is 14.4 Å². The van der Waals surface area contributed by atoms with Gasteiger partial charge >= 0.3 is 0 Å². The van der Waals surface area contributed by atoms with Gasteiger partial charge in [0.25, 0.3) is 5.91 Å². The summed E-state index contributed by atoms with van der Waals surface area (Å²) in [6, 6.07) is 13.5. The van der Waals surface area contributed by atoms with Crippen LogP contribution in [-0.2, 0) is 6.54 Å². The minimum absolute atomic E-state index is 0.251. The van der Waals surface area contributed by atoms with Crippen molar-refractivity contribution < 1.29 is 13.9 Å². The van der Waals surface area contributed by atoms with Crippen LogP contribution < -0.4 is 15.4 Å². The molecule has 0 aliphatic heterocycles. The van der Waals surface area contributed by atoms with Crippen LogP contribution in [0.15, 0.2) is 54.7 Å². The number of nitrogens with zero attached hydrogens (tertiary/aromatic N) is 2. The van der Waals surface area contributed by atoms with E-state index in [1.54, 1.807) is 56.5 Å². The molecule has 0 atom stereocenters. The summed E-state index contributed by atoms with van der Waals surface area (Å²) in [5.74, 6) is 0.361. The maximum atomic E-state index is 13.7. The third-order valence-corrected chi connectivity index (χ3v) is 3.95. The summed E-state index contributed by atoms with van der Waals surface area (Å²) in [4.78, 5) is 20.9. The van der Waals surface area contributed by atoms with Crippen LogP contribution in [0.25, 0.3) is 0 Å². The highest BCUT2D eigenvalue weighted by molar-refractivity contribution is 6.04. The van der Waals surface area contributed by atoms with Crippen LogP contribution >= 0.6 is 0 Å². The van der Waals surface area contributed by atoms with Crippen molar-refractivity contribution in [1.82, 2.24) is 9.97 Å². The van der Waals surface area contributed by atoms with Crippen molar-refractivity contribution in [1.29, 1.82) is 0 Å². The number of nitrogens with one attached hydrogen (secondary N) is 2. The van der Waals surface area contributed by atoms with Crippen LogP contribution in [0.4, 0.5) is 16.0 Å². The molecule has 0 fully saturated rings. The van der Waals surface area contributed by atoms with Crippen molar-refractivity contribution in [3.8, 4) is 5.75 Å². The van der Waals surface area contributed by atoms with E-state index in [4.69, 9.17) is 4.74 Å². The van der Waals surface area contributed by atoms with Gasteiger partial charge in [-0.2, -0.15) is 0 Å². The van der Waals surface area contributed by atoms with Crippen molar-refractivity contribution in [3.05, 3.63) is 77.4 Å². The largest absolute Gasteiger partial charge is 0.497 e. The summed E-state index contributed by atoms with van der Waals surface area (Å²) in [5.41, 5.74) is 2.00. The maximum Gasteiger partial charge on any atom is 0.259 e. The first-order valence-electron chi connectivity index (χ1n) is 8.33. The standard InChI is InChI=1S/C20H19FN4O2/c1-13-17(19(26)25-15-7-5-8-16(10-15)27-2)12-23-20(24-13)22-11-14-6-3-4-9-18(14)21/h3-10,12H,11H2,1-2H3,(H,25,26)(H,22,23,24). The van der Waals surface area contributed by atoms with Crippen LogP contribution in [0.3, 0.4) is 0 Å². The molecule has 3 rings (SSSR count). The molecule has 0 saturated carbocycles. The summed E-state index contributed by atoms with van der Waals surface area (Å²) in [5, 5.41) is 5.75. The monoisotopic (exact) mass is 366 g/mol. The SMILES string of the molecule is COc1cccc(NC(=O)c2cnc(NCc3ccccc3F)nc2C)c1. The minimum Gasteiger partial charge on any atom is -0.497 e. The van der Waals surface area contributed by atoms with Gasteiger partial charge in [0.15, 0.2) is 0 Å². The van der Waals surface area contributed by atoms with Crippen LogP contribution in [0.5, 0.6) is 5.75 Å². The molecule has 0 aliphatic rings. The second kappa shape index (κ2) is 8.27. The molecule has 0 bridgehead atoms. The number of rotatable bonds is 6. The first-order chi connectivity index (χ1) is 13.1. The number of methoxy groups -OCH3 is 1. The highest BCUT2D eigenvalue weighted by atomic mass is 19.1. The molecule has 1 heterocycles. The molecule has 1 amide bonds. The van der Waals surface area contributed by atoms with Crippen molar-refractivity contribution in [2.24, 2.45) is 0 Å². The molecule has 0 saturated heterocycles. The summed E-state index contributed by atoms with van der Waals surface area (Å²) in [6.07, 6.45) is 1.45. The molecule has 3 aromatic rings. The molecular formula is C20H19FN4O2. The van der Waals surface area contributed by atoms with Crippen LogP contribution in [0.2, 0.25) is 0 Å². The third-order valence-electron chi connectivity index (χ3n) is 3.95. The third kappa shape index (κ3) is 4.58. The number of benzene rings is 2. The molecule has 1 aromatic heterocycles. The molecule has 27 heavy (non-hydrogen) atoms. The Morgan fingerprint density at radius 3 is 2.74 bits per heavy atom. The summed E-state index contributed by atoms with van der Waals surface area (Å²) >= 11 is 0. The average Bonchev–Trinajstić information content (AvgIpc) is 2.67. The van der Waals surface area contributed by atoms with Gasteiger partial charge in [-0.1, -0.05) is 24.3 Å². The number of amides is 1. The van der Waals surface area contributed by atoms with Gasteiger partial charge in [0.05, 0.1) is 18.4 Å². The number of hydrogen-bond acceptors (Lipinski definition) is 5. The van der Waals surface area contributed by atoms with E-state index >= 15 is 0 Å². The van der Waals surface area contributed by atoms with E-state index in [9.17, 15) is 9.18 Å². The predicted octanol–water partition coefficient (Wildman–Crippen LogP) is 3.80. The van der Waals surface area contributed by atoms with Gasteiger partial charge in [-0.3, -0.25) is 4.79 Å². The Hall–Kier alpha value is -3.48. The Morgan fingerprint density at radius 1 is 1.19 bits per heavy atom. The Labute approximate surface area is 156 Å². The number of hydrogen-bond donors (Lipinski definition) is 2. The lowest BCUT2D eigenvalue weighted by atomic mass is 10.2. The van der Waals surface area contributed by atoms with E-state index < -0.39 is 0 Å². The zero-order chi connectivity index (χ0) is 19.2. The normalized spacial score (nSPS) is 10.3. The van der Waals surface area contributed by atoms with Crippen LogP contribution in [0.1, 0.15) is 21.6 Å². The first kappa shape index (κ1) is 18.3. The Morgan fingerprint density at radius 2 is 2.00 bits per heavy atom. The highest BCUT2D eigenvalue weighted by Gasteiger charge is 2.13. The zero-order valence-electron chi connectivity index (χ0n) is 15.0. The molecule has 0 spiro atoms. The van der Waals surface area contributed by atoms with Crippen molar-refractivity contribution >= 4 is 17.5 Å². The van der Waals surface area contributed by atoms with Gasteiger partial charge in [-0.15, -0.1) is 0 Å². The molecular weight excluding hydrogens is 347 g/mol. The van der Waals surface area contributed by atoms with Gasteiger partial charge in [0, 0.05) is 30.1 Å². The van der Waals surface area contributed by atoms with Gasteiger partial charge < -0.3 is 15.4 Å². The summed E-state index contributed by atoms with van der Waals surface area (Å²) in [6.45, 7) is 1.97. The molecule has 0 radical (unpaired) electrons. The lowest BCUT2D eigenvalue weighted by molar-refractivity contribution is 0.102. The molecule has 0 aliphatic carbocycles. The zero-order valence-corrected chi connectivity index (χ0v) is 15.0.